The van der Waals surface area contributed by atoms with Crippen molar-refractivity contribution in [1.82, 2.24) is 0 Å². The van der Waals surface area contributed by atoms with Gasteiger partial charge in [0.2, 0.25) is 0 Å². The fourth-order valence-corrected chi connectivity index (χ4v) is 1.49. The minimum absolute atomic E-state index is 0.374. The minimum atomic E-state index is -0.374. The molecule has 2 nitrogen and oxygen atoms in total. The van der Waals surface area contributed by atoms with Gasteiger partial charge in [-0.2, -0.15) is 0 Å². The highest BCUT2D eigenvalue weighted by Gasteiger charge is 2.20. The normalized spacial score (nSPS) is 15.1. The first kappa shape index (κ1) is 11.5. The van der Waals surface area contributed by atoms with E-state index in [9.17, 15) is 0 Å². The average molecular weight is 214 g/mol. The van der Waals surface area contributed by atoms with E-state index in [1.165, 1.54) is 0 Å². The molecule has 3 heteroatoms. The summed E-state index contributed by atoms with van der Waals surface area (Å²) in [7, 11) is 1.67. The van der Waals surface area contributed by atoms with Gasteiger partial charge in [-0.3, -0.25) is 0 Å². The van der Waals surface area contributed by atoms with Gasteiger partial charge in [-0.25, -0.2) is 0 Å². The Morgan fingerprint density at radius 3 is 2.79 bits per heavy atom. The molecule has 0 saturated heterocycles. The highest BCUT2D eigenvalue weighted by Crippen LogP contribution is 2.23. The van der Waals surface area contributed by atoms with Crippen molar-refractivity contribution in [3.05, 3.63) is 34.9 Å². The molecule has 1 atom stereocenters. The Kier molecular flexibility index (Phi) is 3.93. The first-order chi connectivity index (χ1) is 6.56. The zero-order valence-corrected chi connectivity index (χ0v) is 9.34. The van der Waals surface area contributed by atoms with Gasteiger partial charge in [0, 0.05) is 24.3 Å². The smallest absolute Gasteiger partial charge is 0.0482 e. The molecule has 0 aliphatic carbocycles. The van der Waals surface area contributed by atoms with Crippen LogP contribution in [0.1, 0.15) is 18.9 Å². The second kappa shape index (κ2) is 4.78. The van der Waals surface area contributed by atoms with Crippen molar-refractivity contribution in [3.8, 4) is 0 Å². The number of methoxy groups -OCH3 is 1. The highest BCUT2D eigenvalue weighted by molar-refractivity contribution is 6.30. The van der Waals surface area contributed by atoms with Crippen molar-refractivity contribution in [2.45, 2.75) is 18.9 Å². The van der Waals surface area contributed by atoms with Crippen LogP contribution in [0.15, 0.2) is 24.3 Å². The van der Waals surface area contributed by atoms with Crippen LogP contribution < -0.4 is 5.73 Å². The standard InChI is InChI=1S/C11H16ClNO/c1-11(13,6-7-14-2)9-4-3-5-10(12)8-9/h3-5,8H,6-7,13H2,1-2H3. The predicted octanol–water partition coefficient (Wildman–Crippen LogP) is 2.55. The van der Waals surface area contributed by atoms with Crippen LogP contribution >= 0.6 is 11.6 Å². The molecule has 0 radical (unpaired) electrons. The van der Waals surface area contributed by atoms with Crippen LogP contribution in [-0.2, 0) is 10.3 Å². The third kappa shape index (κ3) is 2.98. The van der Waals surface area contributed by atoms with Crippen LogP contribution in [-0.4, -0.2) is 13.7 Å². The summed E-state index contributed by atoms with van der Waals surface area (Å²) in [5, 5.41) is 0.719. The fourth-order valence-electron chi connectivity index (χ4n) is 1.30. The van der Waals surface area contributed by atoms with Crippen LogP contribution in [0.5, 0.6) is 0 Å². The minimum Gasteiger partial charge on any atom is -0.385 e. The van der Waals surface area contributed by atoms with Crippen molar-refractivity contribution in [1.29, 1.82) is 0 Å². The van der Waals surface area contributed by atoms with Gasteiger partial charge in [0.1, 0.15) is 0 Å². The summed E-state index contributed by atoms with van der Waals surface area (Å²) in [6.45, 7) is 2.64. The van der Waals surface area contributed by atoms with E-state index >= 15 is 0 Å². The maximum absolute atomic E-state index is 6.15. The number of hydrogen-bond donors (Lipinski definition) is 1. The van der Waals surface area contributed by atoms with E-state index in [0.717, 1.165) is 17.0 Å². The maximum Gasteiger partial charge on any atom is 0.0482 e. The van der Waals surface area contributed by atoms with Gasteiger partial charge in [-0.1, -0.05) is 23.7 Å². The molecule has 78 valence electrons. The Morgan fingerprint density at radius 1 is 1.50 bits per heavy atom. The van der Waals surface area contributed by atoms with Crippen LogP contribution in [0, 0.1) is 0 Å². The Bertz CT molecular complexity index is 299. The number of ether oxygens (including phenoxy) is 1. The number of nitrogens with two attached hydrogens (primary N) is 1. The van der Waals surface area contributed by atoms with Crippen molar-refractivity contribution >= 4 is 11.6 Å². The molecule has 0 spiro atoms. The van der Waals surface area contributed by atoms with E-state index in [0.29, 0.717) is 6.61 Å². The second-order valence-electron chi connectivity index (χ2n) is 3.67. The summed E-state index contributed by atoms with van der Waals surface area (Å²) in [5.41, 5.74) is 6.82. The average Bonchev–Trinajstić information content (AvgIpc) is 2.15. The first-order valence-electron chi connectivity index (χ1n) is 4.60. The molecule has 1 rings (SSSR count). The molecule has 0 amide bonds. The molecule has 0 aliphatic heterocycles. The van der Waals surface area contributed by atoms with Crippen molar-refractivity contribution in [2.75, 3.05) is 13.7 Å². The van der Waals surface area contributed by atoms with Gasteiger partial charge in [-0.05, 0) is 31.0 Å². The zero-order valence-electron chi connectivity index (χ0n) is 8.59. The Labute approximate surface area is 90.0 Å². The SMILES string of the molecule is COCCC(C)(N)c1cccc(Cl)c1. The monoisotopic (exact) mass is 213 g/mol. The Morgan fingerprint density at radius 2 is 2.21 bits per heavy atom. The topological polar surface area (TPSA) is 35.2 Å². The lowest BCUT2D eigenvalue weighted by molar-refractivity contribution is 0.172. The van der Waals surface area contributed by atoms with Crippen LogP contribution in [0.3, 0.4) is 0 Å². The summed E-state index contributed by atoms with van der Waals surface area (Å²) in [6, 6.07) is 7.64. The third-order valence-electron chi connectivity index (χ3n) is 2.31. The summed E-state index contributed by atoms with van der Waals surface area (Å²) < 4.78 is 5.02. The summed E-state index contributed by atoms with van der Waals surface area (Å²) in [6.07, 6.45) is 0.782. The number of benzene rings is 1. The lowest BCUT2D eigenvalue weighted by Gasteiger charge is -2.25. The predicted molar refractivity (Wildman–Crippen MR) is 59.5 cm³/mol. The van der Waals surface area contributed by atoms with Crippen molar-refractivity contribution in [3.63, 3.8) is 0 Å². The molecule has 2 N–H and O–H groups in total. The molecule has 0 fully saturated rings. The molecular formula is C11H16ClNO. The highest BCUT2D eigenvalue weighted by atomic mass is 35.5. The lowest BCUT2D eigenvalue weighted by Crippen LogP contribution is -2.34. The van der Waals surface area contributed by atoms with E-state index < -0.39 is 0 Å². The molecule has 1 aromatic rings. The first-order valence-corrected chi connectivity index (χ1v) is 4.98. The number of rotatable bonds is 4. The van der Waals surface area contributed by atoms with Crippen molar-refractivity contribution < 1.29 is 4.74 Å². The zero-order chi connectivity index (χ0) is 10.6. The molecule has 14 heavy (non-hydrogen) atoms. The fraction of sp³-hybridized carbons (Fsp3) is 0.455. The molecule has 1 aromatic carbocycles. The van der Waals surface area contributed by atoms with Crippen LogP contribution in [0.4, 0.5) is 0 Å². The molecular weight excluding hydrogens is 198 g/mol. The lowest BCUT2D eigenvalue weighted by atomic mass is 9.90. The summed E-state index contributed by atoms with van der Waals surface area (Å²) in [4.78, 5) is 0. The quantitative estimate of drug-likeness (QED) is 0.835. The van der Waals surface area contributed by atoms with Gasteiger partial charge in [0.15, 0.2) is 0 Å². The number of hydrogen-bond acceptors (Lipinski definition) is 2. The largest absolute Gasteiger partial charge is 0.385 e. The van der Waals surface area contributed by atoms with Gasteiger partial charge in [0.05, 0.1) is 0 Å². The summed E-state index contributed by atoms with van der Waals surface area (Å²) in [5.74, 6) is 0. The maximum atomic E-state index is 6.15. The molecule has 1 unspecified atom stereocenters. The Balaban J connectivity index is 2.80. The van der Waals surface area contributed by atoms with E-state index in [2.05, 4.69) is 0 Å². The van der Waals surface area contributed by atoms with Crippen molar-refractivity contribution in [2.24, 2.45) is 5.73 Å². The van der Waals surface area contributed by atoms with Gasteiger partial charge >= 0.3 is 0 Å². The van der Waals surface area contributed by atoms with Gasteiger partial charge in [-0.15, -0.1) is 0 Å². The van der Waals surface area contributed by atoms with Crippen LogP contribution in [0.25, 0.3) is 0 Å². The van der Waals surface area contributed by atoms with Gasteiger partial charge in [0.25, 0.3) is 0 Å². The third-order valence-corrected chi connectivity index (χ3v) is 2.54. The molecule has 0 saturated carbocycles. The van der Waals surface area contributed by atoms with E-state index in [4.69, 9.17) is 22.1 Å². The summed E-state index contributed by atoms with van der Waals surface area (Å²) >= 11 is 5.90. The van der Waals surface area contributed by atoms with Gasteiger partial charge < -0.3 is 10.5 Å². The number of halogens is 1. The van der Waals surface area contributed by atoms with E-state index in [-0.39, 0.29) is 5.54 Å². The second-order valence-corrected chi connectivity index (χ2v) is 4.11. The molecule has 0 aliphatic rings. The molecule has 0 aromatic heterocycles. The van der Waals surface area contributed by atoms with E-state index in [1.807, 2.05) is 31.2 Å². The molecule has 0 bridgehead atoms. The Hall–Kier alpha value is -0.570. The van der Waals surface area contributed by atoms with Crippen LogP contribution in [0.2, 0.25) is 5.02 Å². The molecule has 0 heterocycles. The van der Waals surface area contributed by atoms with E-state index in [1.54, 1.807) is 7.11 Å².